The Morgan fingerprint density at radius 1 is 1.08 bits per heavy atom. The molecular formula is C19H21NO4. The average Bonchev–Trinajstić information content (AvgIpc) is 2.85. The third-order valence-corrected chi connectivity index (χ3v) is 3.59. The SMILES string of the molecule is CCCOc1ccc(NC(=O)c2ccc3c(c2)OCCCO3)cc1. The quantitative estimate of drug-likeness (QED) is 0.905. The van der Waals surface area contributed by atoms with Crippen LogP contribution < -0.4 is 19.5 Å². The van der Waals surface area contributed by atoms with E-state index in [4.69, 9.17) is 14.2 Å². The van der Waals surface area contributed by atoms with E-state index in [-0.39, 0.29) is 5.91 Å². The van der Waals surface area contributed by atoms with Gasteiger partial charge in [-0.05, 0) is 48.9 Å². The molecule has 0 spiro atoms. The van der Waals surface area contributed by atoms with E-state index >= 15 is 0 Å². The van der Waals surface area contributed by atoms with Crippen LogP contribution in [0.15, 0.2) is 42.5 Å². The zero-order valence-corrected chi connectivity index (χ0v) is 13.7. The van der Waals surface area contributed by atoms with Crippen LogP contribution in [0.4, 0.5) is 5.69 Å². The zero-order chi connectivity index (χ0) is 16.8. The molecular weight excluding hydrogens is 306 g/mol. The summed E-state index contributed by atoms with van der Waals surface area (Å²) in [5, 5.41) is 2.87. The molecule has 0 saturated carbocycles. The second-order valence-corrected chi connectivity index (χ2v) is 5.54. The molecule has 2 aromatic rings. The fourth-order valence-corrected chi connectivity index (χ4v) is 2.36. The molecule has 0 fully saturated rings. The molecule has 24 heavy (non-hydrogen) atoms. The molecule has 5 heteroatoms. The molecule has 1 aliphatic rings. The van der Waals surface area contributed by atoms with Crippen LogP contribution in [-0.2, 0) is 0 Å². The van der Waals surface area contributed by atoms with Gasteiger partial charge < -0.3 is 19.5 Å². The fourth-order valence-electron chi connectivity index (χ4n) is 2.36. The van der Waals surface area contributed by atoms with Crippen LogP contribution in [0.1, 0.15) is 30.1 Å². The zero-order valence-electron chi connectivity index (χ0n) is 13.7. The molecule has 0 saturated heterocycles. The molecule has 2 aromatic carbocycles. The molecule has 0 unspecified atom stereocenters. The highest BCUT2D eigenvalue weighted by Crippen LogP contribution is 2.30. The number of carbonyl (C=O) groups is 1. The van der Waals surface area contributed by atoms with Gasteiger partial charge in [0, 0.05) is 17.7 Å². The van der Waals surface area contributed by atoms with Gasteiger partial charge in [-0.25, -0.2) is 0 Å². The van der Waals surface area contributed by atoms with Crippen LogP contribution in [-0.4, -0.2) is 25.7 Å². The molecule has 1 aliphatic heterocycles. The summed E-state index contributed by atoms with van der Waals surface area (Å²) >= 11 is 0. The summed E-state index contributed by atoms with van der Waals surface area (Å²) in [7, 11) is 0. The van der Waals surface area contributed by atoms with Crippen molar-refractivity contribution >= 4 is 11.6 Å². The minimum Gasteiger partial charge on any atom is -0.494 e. The lowest BCUT2D eigenvalue weighted by Crippen LogP contribution is -2.12. The third-order valence-electron chi connectivity index (χ3n) is 3.59. The summed E-state index contributed by atoms with van der Waals surface area (Å²) in [5.74, 6) is 1.91. The topological polar surface area (TPSA) is 56.8 Å². The van der Waals surface area contributed by atoms with Crippen molar-refractivity contribution in [3.8, 4) is 17.2 Å². The Kier molecular flexibility index (Phi) is 5.21. The number of benzene rings is 2. The molecule has 0 aliphatic carbocycles. The van der Waals surface area contributed by atoms with Crippen molar-refractivity contribution in [1.82, 2.24) is 0 Å². The average molecular weight is 327 g/mol. The molecule has 0 aromatic heterocycles. The third kappa shape index (κ3) is 3.98. The molecule has 1 amide bonds. The van der Waals surface area contributed by atoms with E-state index in [1.54, 1.807) is 18.2 Å². The molecule has 5 nitrogen and oxygen atoms in total. The van der Waals surface area contributed by atoms with Crippen molar-refractivity contribution in [3.05, 3.63) is 48.0 Å². The summed E-state index contributed by atoms with van der Waals surface area (Å²) in [6.45, 7) is 3.97. The maximum Gasteiger partial charge on any atom is 0.255 e. The molecule has 0 atom stereocenters. The van der Waals surface area contributed by atoms with Gasteiger partial charge in [0.25, 0.3) is 5.91 Å². The van der Waals surface area contributed by atoms with Crippen LogP contribution in [0.5, 0.6) is 17.2 Å². The van der Waals surface area contributed by atoms with Gasteiger partial charge in [-0.2, -0.15) is 0 Å². The second-order valence-electron chi connectivity index (χ2n) is 5.54. The summed E-state index contributed by atoms with van der Waals surface area (Å²) in [6.07, 6.45) is 1.80. The van der Waals surface area contributed by atoms with Gasteiger partial charge in [0.2, 0.25) is 0 Å². The Hall–Kier alpha value is -2.69. The van der Waals surface area contributed by atoms with E-state index in [1.807, 2.05) is 24.3 Å². The van der Waals surface area contributed by atoms with E-state index < -0.39 is 0 Å². The van der Waals surface area contributed by atoms with Crippen molar-refractivity contribution in [2.75, 3.05) is 25.1 Å². The van der Waals surface area contributed by atoms with Crippen LogP contribution in [0.3, 0.4) is 0 Å². The molecule has 126 valence electrons. The number of carbonyl (C=O) groups excluding carboxylic acids is 1. The van der Waals surface area contributed by atoms with Gasteiger partial charge in [-0.3, -0.25) is 4.79 Å². The number of fused-ring (bicyclic) bond motifs is 1. The molecule has 0 radical (unpaired) electrons. The molecule has 0 bridgehead atoms. The van der Waals surface area contributed by atoms with Crippen LogP contribution >= 0.6 is 0 Å². The van der Waals surface area contributed by atoms with Crippen LogP contribution in [0, 0.1) is 0 Å². The Morgan fingerprint density at radius 3 is 2.58 bits per heavy atom. The smallest absolute Gasteiger partial charge is 0.255 e. The first kappa shape index (κ1) is 16.2. The summed E-state index contributed by atoms with van der Waals surface area (Å²) in [4.78, 5) is 12.4. The highest BCUT2D eigenvalue weighted by atomic mass is 16.5. The van der Waals surface area contributed by atoms with Crippen molar-refractivity contribution < 1.29 is 19.0 Å². The van der Waals surface area contributed by atoms with Crippen molar-refractivity contribution in [3.63, 3.8) is 0 Å². The number of anilines is 1. The predicted molar refractivity (Wildman–Crippen MR) is 92.2 cm³/mol. The largest absolute Gasteiger partial charge is 0.494 e. The number of hydrogen-bond acceptors (Lipinski definition) is 4. The highest BCUT2D eigenvalue weighted by Gasteiger charge is 2.14. The monoisotopic (exact) mass is 327 g/mol. The number of hydrogen-bond donors (Lipinski definition) is 1. The number of nitrogens with one attached hydrogen (secondary N) is 1. The van der Waals surface area contributed by atoms with Gasteiger partial charge in [0.05, 0.1) is 19.8 Å². The van der Waals surface area contributed by atoms with E-state index in [9.17, 15) is 4.79 Å². The van der Waals surface area contributed by atoms with E-state index in [1.165, 1.54) is 0 Å². The Morgan fingerprint density at radius 2 is 1.83 bits per heavy atom. The van der Waals surface area contributed by atoms with E-state index in [2.05, 4.69) is 12.2 Å². The van der Waals surface area contributed by atoms with Gasteiger partial charge in [-0.15, -0.1) is 0 Å². The summed E-state index contributed by atoms with van der Waals surface area (Å²) in [6, 6.07) is 12.6. The Bertz CT molecular complexity index is 697. The maximum absolute atomic E-state index is 12.4. The number of ether oxygens (including phenoxy) is 3. The molecule has 1 heterocycles. The maximum atomic E-state index is 12.4. The minimum absolute atomic E-state index is 0.187. The predicted octanol–water partition coefficient (Wildman–Crippen LogP) is 3.89. The first-order chi connectivity index (χ1) is 11.8. The standard InChI is InChI=1S/C19H21NO4/c1-2-10-22-16-7-5-15(6-8-16)20-19(21)14-4-9-17-18(13-14)24-12-3-11-23-17/h4-9,13H,2-3,10-12H2,1H3,(H,20,21). The molecule has 1 N–H and O–H groups in total. The first-order valence-corrected chi connectivity index (χ1v) is 8.20. The van der Waals surface area contributed by atoms with Crippen molar-refractivity contribution in [2.45, 2.75) is 19.8 Å². The Labute approximate surface area is 141 Å². The van der Waals surface area contributed by atoms with Gasteiger partial charge in [0.15, 0.2) is 11.5 Å². The van der Waals surface area contributed by atoms with Gasteiger partial charge >= 0.3 is 0 Å². The number of amides is 1. The summed E-state index contributed by atoms with van der Waals surface area (Å²) in [5.41, 5.74) is 1.25. The van der Waals surface area contributed by atoms with Crippen LogP contribution in [0.25, 0.3) is 0 Å². The lowest BCUT2D eigenvalue weighted by molar-refractivity contribution is 0.102. The lowest BCUT2D eigenvalue weighted by Gasteiger charge is -2.10. The Balaban J connectivity index is 1.67. The fraction of sp³-hybridized carbons (Fsp3) is 0.316. The minimum atomic E-state index is -0.187. The van der Waals surface area contributed by atoms with Crippen molar-refractivity contribution in [2.24, 2.45) is 0 Å². The van der Waals surface area contributed by atoms with E-state index in [0.29, 0.717) is 36.9 Å². The highest BCUT2D eigenvalue weighted by molar-refractivity contribution is 6.04. The normalized spacial score (nSPS) is 13.0. The summed E-state index contributed by atoms with van der Waals surface area (Å²) < 4.78 is 16.7. The van der Waals surface area contributed by atoms with Crippen LogP contribution in [0.2, 0.25) is 0 Å². The van der Waals surface area contributed by atoms with E-state index in [0.717, 1.165) is 24.3 Å². The van der Waals surface area contributed by atoms with Crippen molar-refractivity contribution in [1.29, 1.82) is 0 Å². The molecule has 3 rings (SSSR count). The van der Waals surface area contributed by atoms with Gasteiger partial charge in [0.1, 0.15) is 5.75 Å². The lowest BCUT2D eigenvalue weighted by atomic mass is 10.2. The first-order valence-electron chi connectivity index (χ1n) is 8.20. The second kappa shape index (κ2) is 7.73. The number of rotatable bonds is 5. The van der Waals surface area contributed by atoms with Gasteiger partial charge in [-0.1, -0.05) is 6.92 Å².